The Kier molecular flexibility index (Phi) is 5.67. The average molecular weight is 344 g/mol. The van der Waals surface area contributed by atoms with Gasteiger partial charge in [0.25, 0.3) is 0 Å². The quantitative estimate of drug-likeness (QED) is 0.799. The number of rotatable bonds is 6. The van der Waals surface area contributed by atoms with Crippen molar-refractivity contribution in [3.8, 4) is 0 Å². The first kappa shape index (κ1) is 18.2. The maximum Gasteiger partial charge on any atom is 0.222 e. The molecule has 2 saturated carbocycles. The Balaban J connectivity index is 1.62. The van der Waals surface area contributed by atoms with E-state index in [4.69, 9.17) is 10.5 Å². The van der Waals surface area contributed by atoms with Crippen LogP contribution in [0, 0.1) is 5.41 Å². The largest absolute Gasteiger partial charge is 0.399 e. The zero-order valence-corrected chi connectivity index (χ0v) is 15.7. The molecule has 2 aliphatic rings. The van der Waals surface area contributed by atoms with Crippen LogP contribution < -0.4 is 5.73 Å². The molecule has 0 heterocycles. The molecule has 2 unspecified atom stereocenters. The number of hydrogen-bond acceptors (Lipinski definition) is 3. The van der Waals surface area contributed by atoms with Crippen LogP contribution in [0.5, 0.6) is 0 Å². The number of ether oxygens (including phenoxy) is 1. The summed E-state index contributed by atoms with van der Waals surface area (Å²) in [5, 5.41) is 0. The molecular formula is C21H32N2O2. The van der Waals surface area contributed by atoms with Crippen molar-refractivity contribution in [2.45, 2.75) is 70.4 Å². The molecule has 4 nitrogen and oxygen atoms in total. The second kappa shape index (κ2) is 7.77. The van der Waals surface area contributed by atoms with Crippen molar-refractivity contribution < 1.29 is 9.53 Å². The van der Waals surface area contributed by atoms with Gasteiger partial charge in [0.05, 0.1) is 6.10 Å². The third-order valence-corrected chi connectivity index (χ3v) is 6.42. The van der Waals surface area contributed by atoms with Crippen molar-refractivity contribution in [3.05, 3.63) is 29.8 Å². The minimum absolute atomic E-state index is 0.199. The first-order valence-electron chi connectivity index (χ1n) is 9.79. The fourth-order valence-corrected chi connectivity index (χ4v) is 4.92. The van der Waals surface area contributed by atoms with Crippen molar-refractivity contribution in [1.82, 2.24) is 4.90 Å². The lowest BCUT2D eigenvalue weighted by molar-refractivity contribution is -0.185. The summed E-state index contributed by atoms with van der Waals surface area (Å²) in [5.74, 6) is 0.230. The highest BCUT2D eigenvalue weighted by atomic mass is 16.5. The smallest absolute Gasteiger partial charge is 0.222 e. The third kappa shape index (κ3) is 3.55. The molecule has 0 radical (unpaired) electrons. The monoisotopic (exact) mass is 344 g/mol. The van der Waals surface area contributed by atoms with Crippen LogP contribution in [0.25, 0.3) is 0 Å². The summed E-state index contributed by atoms with van der Waals surface area (Å²) in [7, 11) is 1.99. The molecule has 4 heteroatoms. The van der Waals surface area contributed by atoms with E-state index in [0.29, 0.717) is 25.0 Å². The Morgan fingerprint density at radius 2 is 2.00 bits per heavy atom. The van der Waals surface area contributed by atoms with E-state index in [9.17, 15) is 4.79 Å². The van der Waals surface area contributed by atoms with Gasteiger partial charge in [-0.05, 0) is 44.2 Å². The van der Waals surface area contributed by atoms with E-state index in [1.807, 2.05) is 36.2 Å². The van der Waals surface area contributed by atoms with Crippen molar-refractivity contribution in [2.75, 3.05) is 19.4 Å². The second-order valence-electron chi connectivity index (χ2n) is 7.69. The Morgan fingerprint density at radius 1 is 1.28 bits per heavy atom. The molecule has 0 aromatic heterocycles. The molecule has 2 aliphatic carbocycles. The zero-order valence-electron chi connectivity index (χ0n) is 15.7. The lowest BCUT2D eigenvalue weighted by Crippen LogP contribution is -2.65. The van der Waals surface area contributed by atoms with Gasteiger partial charge in [-0.2, -0.15) is 0 Å². The third-order valence-electron chi connectivity index (χ3n) is 6.42. The Labute approximate surface area is 151 Å². The predicted molar refractivity (Wildman–Crippen MR) is 101 cm³/mol. The number of carbonyl (C=O) groups excluding carboxylic acids is 1. The second-order valence-corrected chi connectivity index (χ2v) is 7.69. The molecule has 0 aliphatic heterocycles. The van der Waals surface area contributed by atoms with Gasteiger partial charge in [-0.3, -0.25) is 4.79 Å². The van der Waals surface area contributed by atoms with Crippen LogP contribution in [0.3, 0.4) is 0 Å². The average Bonchev–Trinajstić information content (AvgIpc) is 2.64. The molecule has 1 aromatic rings. The number of amides is 1. The van der Waals surface area contributed by atoms with Crippen molar-refractivity contribution in [3.63, 3.8) is 0 Å². The van der Waals surface area contributed by atoms with E-state index in [1.54, 1.807) is 0 Å². The molecule has 0 saturated heterocycles. The molecule has 2 N–H and O–H groups in total. The Morgan fingerprint density at radius 3 is 2.68 bits per heavy atom. The van der Waals surface area contributed by atoms with Crippen LogP contribution >= 0.6 is 0 Å². The molecule has 138 valence electrons. The van der Waals surface area contributed by atoms with Gasteiger partial charge in [0, 0.05) is 37.2 Å². The van der Waals surface area contributed by atoms with Crippen LogP contribution in [0.1, 0.15) is 57.4 Å². The number of hydrogen-bond donors (Lipinski definition) is 1. The van der Waals surface area contributed by atoms with E-state index in [1.165, 1.54) is 32.1 Å². The zero-order chi connectivity index (χ0) is 17.9. The summed E-state index contributed by atoms with van der Waals surface area (Å²) in [4.78, 5) is 14.8. The maximum absolute atomic E-state index is 12.8. The molecule has 1 spiro atoms. The molecule has 2 atom stereocenters. The topological polar surface area (TPSA) is 55.6 Å². The van der Waals surface area contributed by atoms with Crippen LogP contribution in [-0.2, 0) is 16.0 Å². The number of anilines is 1. The van der Waals surface area contributed by atoms with E-state index in [0.717, 1.165) is 24.3 Å². The highest BCUT2D eigenvalue weighted by Crippen LogP contribution is 2.55. The van der Waals surface area contributed by atoms with E-state index < -0.39 is 0 Å². The number of carbonyl (C=O) groups is 1. The van der Waals surface area contributed by atoms with Crippen molar-refractivity contribution in [2.24, 2.45) is 5.41 Å². The number of para-hydroxylation sites is 1. The van der Waals surface area contributed by atoms with Crippen LogP contribution in [-0.4, -0.2) is 36.6 Å². The van der Waals surface area contributed by atoms with Gasteiger partial charge >= 0.3 is 0 Å². The Hall–Kier alpha value is -1.55. The number of nitrogen functional groups attached to an aromatic ring is 1. The first-order valence-corrected chi connectivity index (χ1v) is 9.79. The molecule has 0 bridgehead atoms. The van der Waals surface area contributed by atoms with Crippen LogP contribution in [0.15, 0.2) is 24.3 Å². The molecular weight excluding hydrogens is 312 g/mol. The summed E-state index contributed by atoms with van der Waals surface area (Å²) in [6, 6.07) is 8.17. The molecule has 1 aromatic carbocycles. The summed E-state index contributed by atoms with van der Waals surface area (Å²) >= 11 is 0. The summed E-state index contributed by atoms with van der Waals surface area (Å²) in [5.41, 5.74) is 8.05. The molecule has 2 fully saturated rings. The summed E-state index contributed by atoms with van der Waals surface area (Å²) in [6.45, 7) is 2.84. The van der Waals surface area contributed by atoms with E-state index in [2.05, 4.69) is 6.92 Å². The summed E-state index contributed by atoms with van der Waals surface area (Å²) < 4.78 is 6.02. The van der Waals surface area contributed by atoms with Gasteiger partial charge in [0.2, 0.25) is 5.91 Å². The number of benzene rings is 1. The highest BCUT2D eigenvalue weighted by Gasteiger charge is 2.57. The predicted octanol–water partition coefficient (Wildman–Crippen LogP) is 3.79. The standard InChI is InChI=1S/C21H32N2O2/c1-3-25-19-15-18(21(19)13-7-4-8-14-21)23(2)20(24)12-11-16-9-5-6-10-17(16)22/h5-6,9-10,18-19H,3-4,7-8,11-15,22H2,1-2H3. The van der Waals surface area contributed by atoms with Gasteiger partial charge in [-0.15, -0.1) is 0 Å². The minimum atomic E-state index is 0.199. The highest BCUT2D eigenvalue weighted by molar-refractivity contribution is 5.77. The normalized spacial score (nSPS) is 24.7. The molecule has 3 rings (SSSR count). The van der Waals surface area contributed by atoms with Gasteiger partial charge in [0.1, 0.15) is 0 Å². The van der Waals surface area contributed by atoms with Crippen LogP contribution in [0.4, 0.5) is 5.69 Å². The first-order chi connectivity index (χ1) is 12.1. The van der Waals surface area contributed by atoms with Gasteiger partial charge in [0.15, 0.2) is 0 Å². The van der Waals surface area contributed by atoms with Gasteiger partial charge < -0.3 is 15.4 Å². The van der Waals surface area contributed by atoms with Crippen molar-refractivity contribution >= 4 is 11.6 Å². The van der Waals surface area contributed by atoms with Gasteiger partial charge in [-0.25, -0.2) is 0 Å². The number of aryl methyl sites for hydroxylation is 1. The summed E-state index contributed by atoms with van der Waals surface area (Å²) in [6.07, 6.45) is 8.81. The minimum Gasteiger partial charge on any atom is -0.399 e. The van der Waals surface area contributed by atoms with Gasteiger partial charge in [-0.1, -0.05) is 37.5 Å². The lowest BCUT2D eigenvalue weighted by Gasteiger charge is -2.60. The SMILES string of the molecule is CCOC1CC(N(C)C(=O)CCc2ccccc2N)C12CCCCC2. The lowest BCUT2D eigenvalue weighted by atomic mass is 9.54. The maximum atomic E-state index is 12.8. The fraction of sp³-hybridized carbons (Fsp3) is 0.667. The number of nitrogens with zero attached hydrogens (tertiary/aromatic N) is 1. The molecule has 1 amide bonds. The van der Waals surface area contributed by atoms with E-state index in [-0.39, 0.29) is 11.3 Å². The van der Waals surface area contributed by atoms with E-state index >= 15 is 0 Å². The molecule has 25 heavy (non-hydrogen) atoms. The fourth-order valence-electron chi connectivity index (χ4n) is 4.92. The number of nitrogens with two attached hydrogens (primary N) is 1. The Bertz CT molecular complexity index is 595. The van der Waals surface area contributed by atoms with Crippen LogP contribution in [0.2, 0.25) is 0 Å². The van der Waals surface area contributed by atoms with Crippen molar-refractivity contribution in [1.29, 1.82) is 0 Å².